The van der Waals surface area contributed by atoms with E-state index in [4.69, 9.17) is 5.11 Å². The average Bonchev–Trinajstić information content (AvgIpc) is 2.54. The molecule has 0 amide bonds. The van der Waals surface area contributed by atoms with E-state index in [0.29, 0.717) is 0 Å². The minimum atomic E-state index is -2.08. The zero-order valence-corrected chi connectivity index (χ0v) is 15.3. The summed E-state index contributed by atoms with van der Waals surface area (Å²) in [4.78, 5) is 0. The maximum absolute atomic E-state index is 14.5. The summed E-state index contributed by atoms with van der Waals surface area (Å²) in [7, 11) is 0. The molecule has 1 N–H and O–H groups in total. The van der Waals surface area contributed by atoms with E-state index in [2.05, 4.69) is 0 Å². The number of halogens is 4. The Kier molecular flexibility index (Phi) is 10.4. The van der Waals surface area contributed by atoms with Crippen LogP contribution >= 0.6 is 0 Å². The maximum atomic E-state index is 14.5. The predicted molar refractivity (Wildman–Crippen MR) is 87.4 cm³/mol. The van der Waals surface area contributed by atoms with Crippen LogP contribution in [0, 0.1) is 23.7 Å². The Labute approximate surface area is 138 Å². The van der Waals surface area contributed by atoms with Crippen LogP contribution in [-0.4, -0.2) is 35.9 Å². The Morgan fingerprint density at radius 1 is 0.696 bits per heavy atom. The lowest BCUT2D eigenvalue weighted by Gasteiger charge is -2.33. The first kappa shape index (κ1) is 22.7. The van der Waals surface area contributed by atoms with Crippen molar-refractivity contribution in [1.29, 1.82) is 0 Å². The monoisotopic (exact) mass is 342 g/mol. The van der Waals surface area contributed by atoms with Gasteiger partial charge in [0.15, 0.2) is 6.17 Å². The highest BCUT2D eigenvalue weighted by Gasteiger charge is 2.40. The van der Waals surface area contributed by atoms with Gasteiger partial charge in [0.05, 0.1) is 6.10 Å². The van der Waals surface area contributed by atoms with Crippen LogP contribution in [0.5, 0.6) is 0 Å². The highest BCUT2D eigenvalue weighted by atomic mass is 19.2. The lowest BCUT2D eigenvalue weighted by molar-refractivity contribution is -0.0215. The number of hydrogen-bond donors (Lipinski definition) is 1. The molecule has 0 aliphatic rings. The summed E-state index contributed by atoms with van der Waals surface area (Å²) in [5, 5.41) is 9.13. The van der Waals surface area contributed by atoms with Gasteiger partial charge in [-0.2, -0.15) is 0 Å². The maximum Gasteiger partial charge on any atom is 0.157 e. The Bertz CT molecular complexity index is 313. The fourth-order valence-electron chi connectivity index (χ4n) is 2.82. The van der Waals surface area contributed by atoms with E-state index in [1.165, 1.54) is 13.8 Å². The molecule has 5 heteroatoms. The Hall–Kier alpha value is -0.320. The molecule has 0 saturated heterocycles. The third kappa shape index (κ3) is 6.60. The molecular formula is C18H34F4O. The normalized spacial score (nSPS) is 24.1. The molecule has 0 aromatic heterocycles. The van der Waals surface area contributed by atoms with E-state index in [0.717, 1.165) is 26.2 Å². The summed E-state index contributed by atoms with van der Waals surface area (Å²) < 4.78 is 56.5. The molecule has 0 aliphatic heterocycles. The number of hydrogen-bond acceptors (Lipinski definition) is 1. The Morgan fingerprint density at radius 2 is 1.09 bits per heavy atom. The molecule has 9 atom stereocenters. The second kappa shape index (κ2) is 10.5. The van der Waals surface area contributed by atoms with Crippen LogP contribution in [0.3, 0.4) is 0 Å². The molecule has 0 saturated carbocycles. The van der Waals surface area contributed by atoms with Crippen molar-refractivity contribution in [3.05, 3.63) is 0 Å². The van der Waals surface area contributed by atoms with Gasteiger partial charge in [-0.15, -0.1) is 0 Å². The molecule has 0 rings (SSSR count). The van der Waals surface area contributed by atoms with Crippen molar-refractivity contribution in [2.45, 2.75) is 91.6 Å². The van der Waals surface area contributed by atoms with Crippen molar-refractivity contribution < 1.29 is 22.7 Å². The number of aliphatic hydroxyl groups excluding tert-OH is 1. The molecule has 0 aromatic rings. The predicted octanol–water partition coefficient (Wildman–Crippen LogP) is 5.45. The van der Waals surface area contributed by atoms with Gasteiger partial charge in [-0.25, -0.2) is 17.6 Å². The summed E-state index contributed by atoms with van der Waals surface area (Å²) >= 11 is 0. The molecule has 0 bridgehead atoms. The van der Waals surface area contributed by atoms with Crippen molar-refractivity contribution in [3.63, 3.8) is 0 Å². The van der Waals surface area contributed by atoms with Crippen LogP contribution in [0.1, 0.15) is 60.8 Å². The summed E-state index contributed by atoms with van der Waals surface area (Å²) in [6.07, 6.45) is -6.31. The van der Waals surface area contributed by atoms with Gasteiger partial charge in [-0.05, 0) is 30.6 Å². The smallest absolute Gasteiger partial charge is 0.157 e. The van der Waals surface area contributed by atoms with Gasteiger partial charge in [0.2, 0.25) is 0 Å². The standard InChI is InChI=1S/C18H34F4O/c1-7-8-9-10(2)11(3)15(19)16(20)12(4)13(5)17(21)18(22)14(6)23/h10-18,23H,7-9H2,1-6H3. The van der Waals surface area contributed by atoms with Crippen molar-refractivity contribution in [2.75, 3.05) is 0 Å². The largest absolute Gasteiger partial charge is 0.390 e. The fraction of sp³-hybridized carbons (Fsp3) is 1.00. The molecule has 23 heavy (non-hydrogen) atoms. The first-order valence-electron chi connectivity index (χ1n) is 8.80. The summed E-state index contributed by atoms with van der Waals surface area (Å²) in [6, 6.07) is 0. The van der Waals surface area contributed by atoms with E-state index in [-0.39, 0.29) is 5.92 Å². The van der Waals surface area contributed by atoms with Gasteiger partial charge in [0.1, 0.15) is 18.5 Å². The van der Waals surface area contributed by atoms with Gasteiger partial charge in [0, 0.05) is 0 Å². The third-order valence-corrected chi connectivity index (χ3v) is 5.32. The van der Waals surface area contributed by atoms with Crippen molar-refractivity contribution in [3.8, 4) is 0 Å². The number of aliphatic hydroxyl groups is 1. The first-order chi connectivity index (χ1) is 10.6. The Morgan fingerprint density at radius 3 is 1.48 bits per heavy atom. The minimum Gasteiger partial charge on any atom is -0.390 e. The lowest BCUT2D eigenvalue weighted by atomic mass is 9.78. The zero-order chi connectivity index (χ0) is 18.3. The Balaban J connectivity index is 4.75. The molecular weight excluding hydrogens is 308 g/mol. The van der Waals surface area contributed by atoms with Crippen LogP contribution in [0.4, 0.5) is 17.6 Å². The number of alkyl halides is 4. The third-order valence-electron chi connectivity index (χ3n) is 5.32. The molecule has 9 unspecified atom stereocenters. The van der Waals surface area contributed by atoms with Gasteiger partial charge in [0.25, 0.3) is 0 Å². The second-order valence-electron chi connectivity index (χ2n) is 7.22. The van der Waals surface area contributed by atoms with Gasteiger partial charge < -0.3 is 5.11 Å². The first-order valence-corrected chi connectivity index (χ1v) is 8.80. The quantitative estimate of drug-likeness (QED) is 0.495. The minimum absolute atomic E-state index is 0.0401. The van der Waals surface area contributed by atoms with Crippen LogP contribution in [0.15, 0.2) is 0 Å². The average molecular weight is 342 g/mol. The van der Waals surface area contributed by atoms with Crippen LogP contribution in [0.2, 0.25) is 0 Å². The highest BCUT2D eigenvalue weighted by Crippen LogP contribution is 2.34. The topological polar surface area (TPSA) is 20.2 Å². The summed E-state index contributed by atoms with van der Waals surface area (Å²) in [5.74, 6) is -2.40. The molecule has 0 heterocycles. The van der Waals surface area contributed by atoms with Crippen LogP contribution < -0.4 is 0 Å². The molecule has 0 radical (unpaired) electrons. The summed E-state index contributed by atoms with van der Waals surface area (Å²) in [5.41, 5.74) is 0. The highest BCUT2D eigenvalue weighted by molar-refractivity contribution is 4.88. The van der Waals surface area contributed by atoms with E-state index in [1.807, 2.05) is 13.8 Å². The van der Waals surface area contributed by atoms with Gasteiger partial charge >= 0.3 is 0 Å². The molecule has 1 nitrogen and oxygen atoms in total. The molecule has 0 fully saturated rings. The van der Waals surface area contributed by atoms with Crippen molar-refractivity contribution in [1.82, 2.24) is 0 Å². The lowest BCUT2D eigenvalue weighted by Crippen LogP contribution is -2.42. The van der Waals surface area contributed by atoms with Crippen LogP contribution in [0.25, 0.3) is 0 Å². The van der Waals surface area contributed by atoms with Gasteiger partial charge in [-0.3, -0.25) is 0 Å². The number of rotatable bonds is 11. The summed E-state index contributed by atoms with van der Waals surface area (Å²) in [6.45, 7) is 9.55. The number of unbranched alkanes of at least 4 members (excludes halogenated alkanes) is 1. The van der Waals surface area contributed by atoms with E-state index in [1.54, 1.807) is 6.92 Å². The van der Waals surface area contributed by atoms with Crippen LogP contribution in [-0.2, 0) is 0 Å². The molecule has 140 valence electrons. The van der Waals surface area contributed by atoms with Gasteiger partial charge in [-0.1, -0.05) is 53.9 Å². The zero-order valence-electron chi connectivity index (χ0n) is 15.3. The van der Waals surface area contributed by atoms with Crippen molar-refractivity contribution >= 4 is 0 Å². The second-order valence-corrected chi connectivity index (χ2v) is 7.22. The molecule has 0 spiro atoms. The van der Waals surface area contributed by atoms with E-state index < -0.39 is 48.5 Å². The van der Waals surface area contributed by atoms with E-state index >= 15 is 0 Å². The fourth-order valence-corrected chi connectivity index (χ4v) is 2.82. The molecule has 0 aliphatic carbocycles. The SMILES string of the molecule is CCCCC(C)C(C)C(F)C(F)C(C)C(C)C(F)C(F)C(C)O. The van der Waals surface area contributed by atoms with E-state index in [9.17, 15) is 17.6 Å². The molecule has 0 aromatic carbocycles. The van der Waals surface area contributed by atoms with Crippen molar-refractivity contribution in [2.24, 2.45) is 23.7 Å².